The summed E-state index contributed by atoms with van der Waals surface area (Å²) < 4.78 is 12.5. The smallest absolute Gasteiger partial charge is 0.567 e. The molecule has 2 aliphatic heterocycles. The fourth-order valence-electron chi connectivity index (χ4n) is 6.40. The van der Waals surface area contributed by atoms with E-state index < -0.39 is 0 Å². The quantitative estimate of drug-likeness (QED) is 0.173. The van der Waals surface area contributed by atoms with Crippen molar-refractivity contribution in [1.29, 1.82) is 0 Å². The zero-order chi connectivity index (χ0) is 26.1. The molecule has 40 heavy (non-hydrogen) atoms. The van der Waals surface area contributed by atoms with Crippen molar-refractivity contribution in [2.24, 2.45) is 5.41 Å². The molecule has 2 atom stereocenters. The van der Waals surface area contributed by atoms with Gasteiger partial charge < -0.3 is 29.7 Å². The summed E-state index contributed by atoms with van der Waals surface area (Å²) in [6, 6.07) is 31.6. The van der Waals surface area contributed by atoms with Crippen LogP contribution in [0.2, 0.25) is 0 Å². The molecule has 4 aromatic carbocycles. The molecule has 2 aliphatic rings. The van der Waals surface area contributed by atoms with Gasteiger partial charge in [0.1, 0.15) is 11.2 Å². The van der Waals surface area contributed by atoms with E-state index in [-0.39, 0.29) is 38.6 Å². The number of furan rings is 2. The van der Waals surface area contributed by atoms with Crippen molar-refractivity contribution in [1.82, 2.24) is 0 Å². The molecule has 0 N–H and O–H groups in total. The molecule has 6 aromatic rings. The molecule has 7 heteroatoms. The SMILES string of the molecule is CC(C)(C1CCN(c2[c-]ccc3c2oc2ccccc23)[N-]1)C1CCN(c2[c-]ccc3c2oc2ccccc23)[N-]1.[Pt+4]. The van der Waals surface area contributed by atoms with Crippen LogP contribution in [-0.4, -0.2) is 25.2 Å². The number of fused-ring (bicyclic) bond motifs is 6. The van der Waals surface area contributed by atoms with Crippen LogP contribution < -0.4 is 10.0 Å². The van der Waals surface area contributed by atoms with Crippen molar-refractivity contribution in [3.8, 4) is 0 Å². The van der Waals surface area contributed by atoms with Crippen LogP contribution in [0.1, 0.15) is 26.7 Å². The van der Waals surface area contributed by atoms with E-state index in [2.05, 4.69) is 60.3 Å². The van der Waals surface area contributed by atoms with E-state index in [9.17, 15) is 0 Å². The van der Waals surface area contributed by atoms with Gasteiger partial charge in [0, 0.05) is 21.9 Å². The zero-order valence-electron chi connectivity index (χ0n) is 22.3. The standard InChI is InChI=1S/C33H28N4O2.Pt/c1-33(2,29-17-19-36(34-29)25-13-7-11-23-21-9-3-5-15-27(21)38-31(23)25)30-18-20-37(35-30)26-14-8-12-24-22-10-4-6-16-28(22)39-32(24)26;/h3-12,15-16,29-30H,17-20H2,1-2H3;/q-4;+4. The number of hydrogen-bond acceptors (Lipinski definition) is 4. The van der Waals surface area contributed by atoms with Crippen molar-refractivity contribution in [3.05, 3.63) is 95.8 Å². The van der Waals surface area contributed by atoms with E-state index >= 15 is 0 Å². The van der Waals surface area contributed by atoms with Crippen LogP contribution in [0.5, 0.6) is 0 Å². The summed E-state index contributed by atoms with van der Waals surface area (Å²) >= 11 is 0. The minimum absolute atomic E-state index is 0. The van der Waals surface area contributed by atoms with E-state index in [1.165, 1.54) is 0 Å². The summed E-state index contributed by atoms with van der Waals surface area (Å²) in [5.74, 6) is 0. The summed E-state index contributed by atoms with van der Waals surface area (Å²) in [5, 5.41) is 8.64. The zero-order valence-corrected chi connectivity index (χ0v) is 24.6. The third-order valence-electron chi connectivity index (χ3n) is 8.66. The predicted octanol–water partition coefficient (Wildman–Crippen LogP) is 8.54. The van der Waals surface area contributed by atoms with E-state index in [1.807, 2.05) is 48.5 Å². The van der Waals surface area contributed by atoms with Crippen molar-refractivity contribution < 1.29 is 29.9 Å². The first kappa shape index (κ1) is 25.6. The topological polar surface area (TPSA) is 61.0 Å². The molecule has 4 heterocycles. The van der Waals surface area contributed by atoms with Gasteiger partial charge in [0.25, 0.3) is 0 Å². The average Bonchev–Trinajstić information content (AvgIpc) is 3.76. The second-order valence-corrected chi connectivity index (χ2v) is 11.2. The molecule has 2 unspecified atom stereocenters. The Morgan fingerprint density at radius 2 is 1.12 bits per heavy atom. The van der Waals surface area contributed by atoms with E-state index in [1.54, 1.807) is 0 Å². The Balaban J connectivity index is 0.00000264. The first-order valence-electron chi connectivity index (χ1n) is 13.7. The van der Waals surface area contributed by atoms with Crippen molar-refractivity contribution >= 4 is 55.3 Å². The summed E-state index contributed by atoms with van der Waals surface area (Å²) in [6.45, 7) is 6.28. The molecular weight excluding hydrogens is 679 g/mol. The maximum absolute atomic E-state index is 6.27. The monoisotopic (exact) mass is 707 g/mol. The molecule has 0 radical (unpaired) electrons. The number of benzene rings is 4. The minimum Gasteiger partial charge on any atom is -0.567 e. The van der Waals surface area contributed by atoms with Crippen LogP contribution >= 0.6 is 0 Å². The van der Waals surface area contributed by atoms with Gasteiger partial charge in [0.15, 0.2) is 0 Å². The number of nitrogens with zero attached hydrogens (tertiary/aromatic N) is 4. The van der Waals surface area contributed by atoms with Crippen LogP contribution in [0.3, 0.4) is 0 Å². The molecule has 2 aromatic heterocycles. The van der Waals surface area contributed by atoms with Gasteiger partial charge in [-0.1, -0.05) is 90.6 Å². The van der Waals surface area contributed by atoms with Gasteiger partial charge >= 0.3 is 21.1 Å². The third-order valence-corrected chi connectivity index (χ3v) is 8.66. The number of para-hydroxylation sites is 2. The number of rotatable bonds is 4. The molecule has 0 aliphatic carbocycles. The maximum atomic E-state index is 6.27. The molecule has 0 spiro atoms. The van der Waals surface area contributed by atoms with Gasteiger partial charge in [0.05, 0.1) is 0 Å². The van der Waals surface area contributed by atoms with Crippen molar-refractivity contribution in [2.45, 2.75) is 38.8 Å². The Kier molecular flexibility index (Phi) is 6.19. The third kappa shape index (κ3) is 3.88. The maximum Gasteiger partial charge on any atom is 4.00 e. The van der Waals surface area contributed by atoms with Crippen LogP contribution in [0.25, 0.3) is 54.7 Å². The van der Waals surface area contributed by atoms with Crippen LogP contribution in [0, 0.1) is 17.5 Å². The summed E-state index contributed by atoms with van der Waals surface area (Å²) in [5.41, 5.74) is 15.6. The van der Waals surface area contributed by atoms with Crippen molar-refractivity contribution in [2.75, 3.05) is 23.1 Å². The van der Waals surface area contributed by atoms with Gasteiger partial charge in [-0.25, -0.2) is 0 Å². The summed E-state index contributed by atoms with van der Waals surface area (Å²) in [6.07, 6.45) is 1.93. The molecule has 6 nitrogen and oxygen atoms in total. The molecule has 2 saturated heterocycles. The molecule has 0 saturated carbocycles. The molecule has 0 bridgehead atoms. The van der Waals surface area contributed by atoms with Crippen LogP contribution in [-0.2, 0) is 21.1 Å². The summed E-state index contributed by atoms with van der Waals surface area (Å²) in [7, 11) is 0. The van der Waals surface area contributed by atoms with Crippen LogP contribution in [0.15, 0.2) is 81.6 Å². The fraction of sp³-hybridized carbons (Fsp3) is 0.273. The number of hydrogen-bond donors (Lipinski definition) is 0. The van der Waals surface area contributed by atoms with Crippen LogP contribution in [0.4, 0.5) is 11.4 Å². The Morgan fingerprint density at radius 1 is 0.675 bits per heavy atom. The molecular formula is C33H28N4O2Pt. The second kappa shape index (κ2) is 9.66. The van der Waals surface area contributed by atoms with Gasteiger partial charge in [-0.3, -0.25) is 0 Å². The van der Waals surface area contributed by atoms with E-state index in [4.69, 9.17) is 19.7 Å². The minimum atomic E-state index is -0.118. The Morgan fingerprint density at radius 3 is 1.60 bits per heavy atom. The van der Waals surface area contributed by atoms with Gasteiger partial charge in [-0.05, 0) is 25.2 Å². The van der Waals surface area contributed by atoms with E-state index in [0.29, 0.717) is 0 Å². The summed E-state index contributed by atoms with van der Waals surface area (Å²) in [4.78, 5) is 0. The molecule has 0 amide bonds. The Bertz CT molecular complexity index is 1720. The van der Waals surface area contributed by atoms with Gasteiger partial charge in [-0.2, -0.15) is 36.4 Å². The van der Waals surface area contributed by atoms with E-state index in [0.717, 1.165) is 81.2 Å². The number of anilines is 2. The molecule has 8 rings (SSSR count). The first-order chi connectivity index (χ1) is 19.1. The Hall–Kier alpha value is -3.31. The molecule has 2 fully saturated rings. The van der Waals surface area contributed by atoms with Crippen molar-refractivity contribution in [3.63, 3.8) is 0 Å². The normalized spacial score (nSPS) is 19.9. The Labute approximate surface area is 247 Å². The second-order valence-electron chi connectivity index (χ2n) is 11.2. The van der Waals surface area contributed by atoms with Gasteiger partial charge in [-0.15, -0.1) is 12.1 Å². The van der Waals surface area contributed by atoms with Gasteiger partial charge in [0.2, 0.25) is 0 Å². The fourth-order valence-corrected chi connectivity index (χ4v) is 6.40. The molecule has 202 valence electrons. The average molecular weight is 708 g/mol. The predicted molar refractivity (Wildman–Crippen MR) is 157 cm³/mol. The largest absolute Gasteiger partial charge is 4.00 e. The first-order valence-corrected chi connectivity index (χ1v) is 13.7.